The van der Waals surface area contributed by atoms with Gasteiger partial charge in [-0.05, 0) is 24.6 Å². The molecule has 0 radical (unpaired) electrons. The zero-order valence-electron chi connectivity index (χ0n) is 12.6. The highest BCUT2D eigenvalue weighted by atomic mass is 32.2. The number of carbonyl (C=O) groups excluding carboxylic acids is 1. The second-order valence-electron chi connectivity index (χ2n) is 5.52. The highest BCUT2D eigenvalue weighted by Gasteiger charge is 2.23. The minimum Gasteiger partial charge on any atom is -0.459 e. The van der Waals surface area contributed by atoms with E-state index in [1.54, 1.807) is 18.0 Å². The Morgan fingerprint density at radius 2 is 2.09 bits per heavy atom. The Kier molecular flexibility index (Phi) is 5.20. The average molecular weight is 329 g/mol. The first kappa shape index (κ1) is 15.9. The van der Waals surface area contributed by atoms with Gasteiger partial charge < -0.3 is 14.8 Å². The van der Waals surface area contributed by atoms with E-state index in [2.05, 4.69) is 5.32 Å². The van der Waals surface area contributed by atoms with Crippen molar-refractivity contribution in [1.82, 2.24) is 5.32 Å². The van der Waals surface area contributed by atoms with Gasteiger partial charge in [0.2, 0.25) is 0 Å². The van der Waals surface area contributed by atoms with Crippen molar-refractivity contribution in [2.75, 3.05) is 6.61 Å². The van der Waals surface area contributed by atoms with Gasteiger partial charge in [0.1, 0.15) is 0 Å². The van der Waals surface area contributed by atoms with Crippen LogP contribution in [0.3, 0.4) is 0 Å². The van der Waals surface area contributed by atoms with Gasteiger partial charge in [-0.3, -0.25) is 4.79 Å². The number of aliphatic hydroxyl groups is 1. The molecule has 3 rings (SSSR count). The Bertz CT molecular complexity index is 681. The number of amides is 1. The van der Waals surface area contributed by atoms with E-state index in [-0.39, 0.29) is 24.5 Å². The number of benzene rings is 1. The zero-order valence-corrected chi connectivity index (χ0v) is 13.5. The first-order valence-electron chi connectivity index (χ1n) is 7.60. The first-order valence-corrected chi connectivity index (χ1v) is 8.59. The second-order valence-corrected chi connectivity index (χ2v) is 6.57. The van der Waals surface area contributed by atoms with Gasteiger partial charge in [-0.25, -0.2) is 0 Å². The van der Waals surface area contributed by atoms with E-state index in [4.69, 9.17) is 9.52 Å². The summed E-state index contributed by atoms with van der Waals surface area (Å²) < 4.78 is 5.38. The third-order valence-corrected chi connectivity index (χ3v) is 4.87. The van der Waals surface area contributed by atoms with Gasteiger partial charge >= 0.3 is 0 Å². The molecule has 5 heteroatoms. The van der Waals surface area contributed by atoms with E-state index in [0.717, 1.165) is 16.9 Å². The number of nitrogens with one attached hydrogen (secondary N) is 1. The molecule has 2 atom stereocenters. The van der Waals surface area contributed by atoms with Crippen LogP contribution in [0.1, 0.15) is 22.5 Å². The number of carbonyl (C=O) groups is 1. The highest BCUT2D eigenvalue weighted by Crippen LogP contribution is 2.25. The Morgan fingerprint density at radius 1 is 1.26 bits per heavy atom. The van der Waals surface area contributed by atoms with E-state index in [1.165, 1.54) is 0 Å². The predicted octanol–water partition coefficient (Wildman–Crippen LogP) is 3.24. The lowest BCUT2D eigenvalue weighted by Gasteiger charge is -2.12. The molecule has 0 spiro atoms. The minimum absolute atomic E-state index is 0.0422. The molecule has 2 aromatic rings. The molecule has 0 bridgehead atoms. The van der Waals surface area contributed by atoms with Crippen LogP contribution in [0.5, 0.6) is 0 Å². The molecule has 0 saturated heterocycles. The van der Waals surface area contributed by atoms with Gasteiger partial charge in [0.05, 0.1) is 6.26 Å². The summed E-state index contributed by atoms with van der Waals surface area (Å²) in [7, 11) is 0. The molecular weight excluding hydrogens is 310 g/mol. The summed E-state index contributed by atoms with van der Waals surface area (Å²) >= 11 is 1.67. The Morgan fingerprint density at radius 3 is 2.83 bits per heavy atom. The second kappa shape index (κ2) is 7.53. The van der Waals surface area contributed by atoms with E-state index >= 15 is 0 Å². The van der Waals surface area contributed by atoms with E-state index in [9.17, 15) is 4.79 Å². The fourth-order valence-corrected chi connectivity index (χ4v) is 3.48. The van der Waals surface area contributed by atoms with Gasteiger partial charge in [0.15, 0.2) is 5.76 Å². The summed E-state index contributed by atoms with van der Waals surface area (Å²) in [5, 5.41) is 12.1. The summed E-state index contributed by atoms with van der Waals surface area (Å²) in [6.45, 7) is 0.114. The van der Waals surface area contributed by atoms with Crippen molar-refractivity contribution in [2.24, 2.45) is 5.92 Å². The van der Waals surface area contributed by atoms with Crippen molar-refractivity contribution in [3.8, 4) is 0 Å². The Balaban J connectivity index is 1.59. The highest BCUT2D eigenvalue weighted by molar-refractivity contribution is 7.98. The van der Waals surface area contributed by atoms with Crippen LogP contribution in [0.25, 0.3) is 0 Å². The molecule has 0 fully saturated rings. The molecule has 1 aliphatic carbocycles. The van der Waals surface area contributed by atoms with Crippen molar-refractivity contribution in [1.29, 1.82) is 0 Å². The molecule has 0 saturated carbocycles. The average Bonchev–Trinajstić information content (AvgIpc) is 3.22. The van der Waals surface area contributed by atoms with Crippen LogP contribution in [0, 0.1) is 5.92 Å². The molecule has 1 heterocycles. The van der Waals surface area contributed by atoms with E-state index in [1.807, 2.05) is 48.6 Å². The molecule has 2 N–H and O–H groups in total. The number of hydrogen-bond donors (Lipinski definition) is 2. The molecule has 1 aliphatic rings. The van der Waals surface area contributed by atoms with E-state index in [0.29, 0.717) is 11.5 Å². The predicted molar refractivity (Wildman–Crippen MR) is 90.3 cm³/mol. The monoisotopic (exact) mass is 329 g/mol. The summed E-state index contributed by atoms with van der Waals surface area (Å²) in [4.78, 5) is 13.5. The topological polar surface area (TPSA) is 62.5 Å². The van der Waals surface area contributed by atoms with Crippen molar-refractivity contribution < 1.29 is 14.3 Å². The van der Waals surface area contributed by atoms with Gasteiger partial charge in [-0.2, -0.15) is 0 Å². The van der Waals surface area contributed by atoms with Crippen LogP contribution in [0.2, 0.25) is 0 Å². The molecule has 23 heavy (non-hydrogen) atoms. The maximum Gasteiger partial charge on any atom is 0.287 e. The molecule has 1 aromatic heterocycles. The molecule has 1 amide bonds. The van der Waals surface area contributed by atoms with Crippen LogP contribution in [0.15, 0.2) is 64.1 Å². The molecule has 4 nitrogen and oxygen atoms in total. The van der Waals surface area contributed by atoms with Crippen molar-refractivity contribution in [3.63, 3.8) is 0 Å². The normalized spacial score (nSPS) is 19.9. The first-order chi connectivity index (χ1) is 11.3. The van der Waals surface area contributed by atoms with Crippen LogP contribution >= 0.6 is 11.8 Å². The molecular formula is C18H19NO3S. The number of hydrogen-bond acceptors (Lipinski definition) is 4. The summed E-state index contributed by atoms with van der Waals surface area (Å²) in [5.74, 6) is 0.981. The van der Waals surface area contributed by atoms with Gasteiger partial charge in [0.25, 0.3) is 5.91 Å². The number of furan rings is 1. The summed E-state index contributed by atoms with van der Waals surface area (Å²) in [6.07, 6.45) is 6.16. The summed E-state index contributed by atoms with van der Waals surface area (Å²) in [5.41, 5.74) is 0.886. The lowest BCUT2D eigenvalue weighted by Crippen LogP contribution is -2.33. The minimum atomic E-state index is -0.202. The van der Waals surface area contributed by atoms with Gasteiger partial charge in [-0.15, -0.1) is 11.8 Å². The standard InChI is InChI=1S/C18H19NO3S/c20-11-13-6-7-15(10-13)19-18(21)17-14(8-9-22-17)12-23-16-4-2-1-3-5-16/h1-9,13,15,20H,10-12H2,(H,19,21)/t13-,15+/m0/s1. The maximum atomic E-state index is 12.4. The van der Waals surface area contributed by atoms with Crippen LogP contribution in [0.4, 0.5) is 0 Å². The van der Waals surface area contributed by atoms with Crippen molar-refractivity contribution in [3.05, 3.63) is 66.1 Å². The molecule has 1 aromatic carbocycles. The summed E-state index contributed by atoms with van der Waals surface area (Å²) in [6, 6.07) is 11.9. The third-order valence-electron chi connectivity index (χ3n) is 3.81. The van der Waals surface area contributed by atoms with Crippen LogP contribution in [-0.4, -0.2) is 23.7 Å². The Hall–Kier alpha value is -1.98. The maximum absolute atomic E-state index is 12.4. The Labute approximate surface area is 139 Å². The number of aliphatic hydroxyl groups excluding tert-OH is 1. The van der Waals surface area contributed by atoms with Crippen molar-refractivity contribution >= 4 is 17.7 Å². The largest absolute Gasteiger partial charge is 0.459 e. The number of thioether (sulfide) groups is 1. The molecule has 120 valence electrons. The molecule has 0 unspecified atom stereocenters. The molecule has 0 aliphatic heterocycles. The van der Waals surface area contributed by atoms with Gasteiger partial charge in [0, 0.05) is 34.8 Å². The number of rotatable bonds is 6. The lowest BCUT2D eigenvalue weighted by atomic mass is 10.1. The lowest BCUT2D eigenvalue weighted by molar-refractivity contribution is 0.0912. The SMILES string of the molecule is O=C(N[C@@H]1C=C[C@H](CO)C1)c1occc1CSc1ccccc1. The zero-order chi connectivity index (χ0) is 16.1. The van der Waals surface area contributed by atoms with Crippen LogP contribution in [-0.2, 0) is 5.75 Å². The van der Waals surface area contributed by atoms with Gasteiger partial charge in [-0.1, -0.05) is 30.4 Å². The van der Waals surface area contributed by atoms with E-state index < -0.39 is 0 Å². The fraction of sp³-hybridized carbons (Fsp3) is 0.278. The smallest absolute Gasteiger partial charge is 0.287 e. The van der Waals surface area contributed by atoms with Crippen molar-refractivity contribution in [2.45, 2.75) is 23.1 Å². The fourth-order valence-electron chi connectivity index (χ4n) is 2.58. The third kappa shape index (κ3) is 4.06. The quantitative estimate of drug-likeness (QED) is 0.631. The van der Waals surface area contributed by atoms with Crippen LogP contribution < -0.4 is 5.32 Å².